The van der Waals surface area contributed by atoms with Crippen LogP contribution in [0, 0.1) is 5.92 Å². The van der Waals surface area contributed by atoms with Crippen LogP contribution < -0.4 is 5.73 Å². The van der Waals surface area contributed by atoms with Crippen molar-refractivity contribution in [3.63, 3.8) is 0 Å². The topological polar surface area (TPSA) is 66.6 Å². The van der Waals surface area contributed by atoms with E-state index in [4.69, 9.17) is 5.73 Å². The average molecular weight is 328 g/mol. The molecule has 2 aliphatic carbocycles. The molecule has 2 aliphatic rings. The molecule has 0 bridgehead atoms. The molecule has 0 aromatic heterocycles. The fraction of sp³-hybridized carbons (Fsp3) is 0.550. The van der Waals surface area contributed by atoms with E-state index in [-0.39, 0.29) is 18.1 Å². The minimum Gasteiger partial charge on any atom is -0.465 e. The van der Waals surface area contributed by atoms with Crippen molar-refractivity contribution in [1.82, 2.24) is 4.90 Å². The Kier molecular flexibility index (Phi) is 5.24. The molecule has 2 fully saturated rings. The molecule has 0 heterocycles. The number of rotatable bonds is 5. The number of carbonyl (C=O) groups is 1. The molecule has 0 spiro atoms. The van der Waals surface area contributed by atoms with Crippen molar-refractivity contribution in [1.29, 1.82) is 0 Å². The maximum absolute atomic E-state index is 11.9. The number of nitrogens with two attached hydrogens (primary N) is 1. The number of hydrogen-bond acceptors (Lipinski definition) is 2. The molecule has 130 valence electrons. The fourth-order valence-electron chi connectivity index (χ4n) is 4.07. The molecule has 0 saturated heterocycles. The molecule has 0 radical (unpaired) electrons. The van der Waals surface area contributed by atoms with Gasteiger partial charge in [-0.1, -0.05) is 48.9 Å². The molecular weight excluding hydrogens is 300 g/mol. The van der Waals surface area contributed by atoms with Gasteiger partial charge in [0, 0.05) is 24.0 Å². The Morgan fingerprint density at radius 3 is 2.50 bits per heavy atom. The number of benzene rings is 1. The first-order chi connectivity index (χ1) is 11.6. The van der Waals surface area contributed by atoms with Crippen LogP contribution >= 0.6 is 0 Å². The van der Waals surface area contributed by atoms with E-state index in [0.29, 0.717) is 5.92 Å². The van der Waals surface area contributed by atoms with Crippen molar-refractivity contribution in [2.45, 2.75) is 63.6 Å². The molecule has 2 saturated carbocycles. The molecule has 4 heteroatoms. The highest BCUT2D eigenvalue weighted by atomic mass is 16.4. The molecule has 1 aromatic rings. The van der Waals surface area contributed by atoms with Gasteiger partial charge in [0.15, 0.2) is 0 Å². The largest absolute Gasteiger partial charge is 0.465 e. The molecular formula is C20H28N2O2. The molecule has 3 N–H and O–H groups in total. The summed E-state index contributed by atoms with van der Waals surface area (Å²) in [5.74, 6) is 0.377. The van der Waals surface area contributed by atoms with Gasteiger partial charge in [-0.25, -0.2) is 4.79 Å². The molecule has 2 atom stereocenters. The third kappa shape index (κ3) is 3.81. The lowest BCUT2D eigenvalue weighted by molar-refractivity contribution is 0.102. The van der Waals surface area contributed by atoms with Gasteiger partial charge < -0.3 is 15.7 Å². The van der Waals surface area contributed by atoms with Crippen LogP contribution in [0.1, 0.15) is 51.0 Å². The second-order valence-electron chi connectivity index (χ2n) is 7.15. The number of hydrogen-bond donors (Lipinski definition) is 2. The van der Waals surface area contributed by atoms with Crippen LogP contribution in [-0.2, 0) is 0 Å². The summed E-state index contributed by atoms with van der Waals surface area (Å²) in [6.45, 7) is 2.16. The lowest BCUT2D eigenvalue weighted by atomic mass is 9.90. The second kappa shape index (κ2) is 7.39. The van der Waals surface area contributed by atoms with Gasteiger partial charge in [-0.3, -0.25) is 0 Å². The Morgan fingerprint density at radius 1 is 1.25 bits per heavy atom. The molecule has 0 aliphatic heterocycles. The van der Waals surface area contributed by atoms with Crippen LogP contribution in [0.25, 0.3) is 6.08 Å². The first-order valence-corrected chi connectivity index (χ1v) is 9.12. The zero-order valence-corrected chi connectivity index (χ0v) is 14.4. The van der Waals surface area contributed by atoms with Crippen LogP contribution in [0.3, 0.4) is 0 Å². The number of amides is 1. The van der Waals surface area contributed by atoms with Crippen LogP contribution in [-0.4, -0.2) is 34.2 Å². The van der Waals surface area contributed by atoms with Gasteiger partial charge in [-0.2, -0.15) is 0 Å². The summed E-state index contributed by atoms with van der Waals surface area (Å²) in [5, 5.41) is 9.74. The zero-order chi connectivity index (χ0) is 17.1. The van der Waals surface area contributed by atoms with Gasteiger partial charge in [0.1, 0.15) is 0 Å². The van der Waals surface area contributed by atoms with E-state index >= 15 is 0 Å². The van der Waals surface area contributed by atoms with Gasteiger partial charge in [0.05, 0.1) is 0 Å². The van der Waals surface area contributed by atoms with E-state index < -0.39 is 6.09 Å². The van der Waals surface area contributed by atoms with Crippen LogP contribution in [0.15, 0.2) is 35.9 Å². The Balaban J connectivity index is 1.71. The summed E-state index contributed by atoms with van der Waals surface area (Å²) >= 11 is 0. The molecule has 1 aromatic carbocycles. The first-order valence-electron chi connectivity index (χ1n) is 9.12. The predicted octanol–water partition coefficient (Wildman–Crippen LogP) is 4.12. The van der Waals surface area contributed by atoms with Crippen molar-refractivity contribution >= 4 is 12.2 Å². The highest BCUT2D eigenvalue weighted by Crippen LogP contribution is 2.45. The highest BCUT2D eigenvalue weighted by molar-refractivity contribution is 5.67. The first kappa shape index (κ1) is 17.0. The zero-order valence-electron chi connectivity index (χ0n) is 14.4. The molecule has 3 rings (SSSR count). The van der Waals surface area contributed by atoms with Gasteiger partial charge >= 0.3 is 6.09 Å². The third-order valence-corrected chi connectivity index (χ3v) is 5.51. The van der Waals surface area contributed by atoms with E-state index in [1.54, 1.807) is 4.90 Å². The summed E-state index contributed by atoms with van der Waals surface area (Å²) in [6.07, 6.45) is 7.08. The minimum absolute atomic E-state index is 0.145. The van der Waals surface area contributed by atoms with E-state index in [2.05, 4.69) is 25.1 Å². The van der Waals surface area contributed by atoms with E-state index in [9.17, 15) is 9.90 Å². The van der Waals surface area contributed by atoms with Gasteiger partial charge in [0.25, 0.3) is 0 Å². The van der Waals surface area contributed by atoms with Gasteiger partial charge in [-0.05, 0) is 44.1 Å². The Labute approximate surface area is 144 Å². The minimum atomic E-state index is -0.766. The molecule has 4 nitrogen and oxygen atoms in total. The van der Waals surface area contributed by atoms with E-state index in [1.165, 1.54) is 11.1 Å². The molecule has 24 heavy (non-hydrogen) atoms. The molecule has 1 amide bonds. The lowest BCUT2D eigenvalue weighted by Crippen LogP contribution is -2.45. The Hall–Kier alpha value is -1.81. The fourth-order valence-corrected chi connectivity index (χ4v) is 4.07. The van der Waals surface area contributed by atoms with Gasteiger partial charge in [0.2, 0.25) is 0 Å². The van der Waals surface area contributed by atoms with Crippen molar-refractivity contribution in [2.24, 2.45) is 11.7 Å². The lowest BCUT2D eigenvalue weighted by Gasteiger charge is -2.34. The summed E-state index contributed by atoms with van der Waals surface area (Å²) in [7, 11) is 0. The summed E-state index contributed by atoms with van der Waals surface area (Å²) < 4.78 is 0. The van der Waals surface area contributed by atoms with Crippen LogP contribution in [0.2, 0.25) is 0 Å². The van der Waals surface area contributed by atoms with E-state index in [0.717, 1.165) is 38.5 Å². The maximum atomic E-state index is 11.9. The van der Waals surface area contributed by atoms with Crippen LogP contribution in [0.4, 0.5) is 4.79 Å². The van der Waals surface area contributed by atoms with Crippen molar-refractivity contribution < 1.29 is 9.90 Å². The normalized spacial score (nSPS) is 30.0. The summed E-state index contributed by atoms with van der Waals surface area (Å²) in [5.41, 5.74) is 8.54. The number of nitrogens with zero attached hydrogens (tertiary/aromatic N) is 1. The summed E-state index contributed by atoms with van der Waals surface area (Å²) in [4.78, 5) is 13.6. The second-order valence-corrected chi connectivity index (χ2v) is 7.15. The Morgan fingerprint density at radius 2 is 1.92 bits per heavy atom. The number of carboxylic acid groups (broad SMARTS) is 1. The Bertz CT molecular complexity index is 591. The third-order valence-electron chi connectivity index (χ3n) is 5.51. The van der Waals surface area contributed by atoms with Crippen LogP contribution in [0.5, 0.6) is 0 Å². The summed E-state index contributed by atoms with van der Waals surface area (Å²) in [6, 6.07) is 10.8. The monoisotopic (exact) mass is 328 g/mol. The maximum Gasteiger partial charge on any atom is 0.407 e. The quantitative estimate of drug-likeness (QED) is 0.854. The standard InChI is InChI=1S/C20H28N2O2/c1-2-15(12-14-6-4-3-5-7-14)18-13-19(18)22(20(23)24)17-10-8-16(21)9-11-17/h3-7,12,16-19H,2,8-11,13,21H2,1H3,(H,23,24)/b15-12+/t16?,17?,18-,19+/m0/s1. The van der Waals surface area contributed by atoms with E-state index in [1.807, 2.05) is 18.2 Å². The van der Waals surface area contributed by atoms with Gasteiger partial charge in [-0.15, -0.1) is 0 Å². The van der Waals surface area contributed by atoms with Crippen molar-refractivity contribution in [3.8, 4) is 0 Å². The highest BCUT2D eigenvalue weighted by Gasteiger charge is 2.48. The average Bonchev–Trinajstić information content (AvgIpc) is 3.35. The smallest absolute Gasteiger partial charge is 0.407 e. The van der Waals surface area contributed by atoms with Crippen molar-refractivity contribution in [2.75, 3.05) is 0 Å². The van der Waals surface area contributed by atoms with Crippen molar-refractivity contribution in [3.05, 3.63) is 41.5 Å². The molecule has 0 unspecified atom stereocenters. The SMILES string of the molecule is CC/C(=C\c1ccccc1)[C@@H]1C[C@H]1N(C(=O)O)C1CCC(N)CC1. The predicted molar refractivity (Wildman–Crippen MR) is 96.7 cm³/mol.